The van der Waals surface area contributed by atoms with E-state index in [0.29, 0.717) is 12.0 Å². The van der Waals surface area contributed by atoms with Gasteiger partial charge >= 0.3 is 11.9 Å². The molecule has 0 fully saturated rings. The van der Waals surface area contributed by atoms with Gasteiger partial charge in [-0.2, -0.15) is 5.10 Å². The maximum atomic E-state index is 12.8. The number of rotatable bonds is 9. The SMILES string of the molecule is CCCOC(=O)c1c(NC(=O)c2ccn(COc3ccccc3C)n2)sc(C(=O)OC)c1C. The maximum absolute atomic E-state index is 12.8. The minimum absolute atomic E-state index is 0.122. The average molecular weight is 472 g/mol. The van der Waals surface area contributed by atoms with Crippen LogP contribution in [0.3, 0.4) is 0 Å². The predicted octanol–water partition coefficient (Wildman–Crippen LogP) is 4.20. The largest absolute Gasteiger partial charge is 0.471 e. The molecule has 1 aromatic carbocycles. The first-order valence-corrected chi connectivity index (χ1v) is 11.1. The van der Waals surface area contributed by atoms with Crippen molar-refractivity contribution in [2.75, 3.05) is 19.0 Å². The smallest absolute Gasteiger partial charge is 0.348 e. The van der Waals surface area contributed by atoms with Crippen LogP contribution in [0.15, 0.2) is 36.5 Å². The Morgan fingerprint density at radius 3 is 2.58 bits per heavy atom. The van der Waals surface area contributed by atoms with Crippen molar-refractivity contribution in [1.29, 1.82) is 0 Å². The van der Waals surface area contributed by atoms with Gasteiger partial charge in [-0.05, 0) is 43.5 Å². The summed E-state index contributed by atoms with van der Waals surface area (Å²) >= 11 is 0.953. The van der Waals surface area contributed by atoms with E-state index in [0.717, 1.165) is 22.6 Å². The van der Waals surface area contributed by atoms with Gasteiger partial charge < -0.3 is 19.5 Å². The van der Waals surface area contributed by atoms with Gasteiger partial charge in [0.1, 0.15) is 15.6 Å². The summed E-state index contributed by atoms with van der Waals surface area (Å²) < 4.78 is 17.2. The number of amides is 1. The number of nitrogens with one attached hydrogen (secondary N) is 1. The lowest BCUT2D eigenvalue weighted by Gasteiger charge is -2.08. The number of anilines is 1. The van der Waals surface area contributed by atoms with Crippen molar-refractivity contribution < 1.29 is 28.6 Å². The molecule has 2 heterocycles. The van der Waals surface area contributed by atoms with Gasteiger partial charge in [-0.1, -0.05) is 25.1 Å². The van der Waals surface area contributed by atoms with E-state index in [1.54, 1.807) is 13.1 Å². The second-order valence-electron chi connectivity index (χ2n) is 7.12. The topological polar surface area (TPSA) is 109 Å². The molecule has 0 saturated heterocycles. The number of aryl methyl sites for hydroxylation is 1. The van der Waals surface area contributed by atoms with Crippen molar-refractivity contribution in [3.63, 3.8) is 0 Å². The molecule has 33 heavy (non-hydrogen) atoms. The van der Waals surface area contributed by atoms with E-state index in [1.165, 1.54) is 17.9 Å². The van der Waals surface area contributed by atoms with E-state index < -0.39 is 17.8 Å². The van der Waals surface area contributed by atoms with Gasteiger partial charge in [0.05, 0.1) is 19.3 Å². The molecule has 0 atom stereocenters. The van der Waals surface area contributed by atoms with Crippen LogP contribution in [0.1, 0.15) is 55.0 Å². The Morgan fingerprint density at radius 2 is 1.88 bits per heavy atom. The molecular formula is C23H25N3O6S. The van der Waals surface area contributed by atoms with Crippen molar-refractivity contribution in [2.45, 2.75) is 33.9 Å². The van der Waals surface area contributed by atoms with E-state index in [-0.39, 0.29) is 34.5 Å². The number of ether oxygens (including phenoxy) is 3. The number of nitrogens with zero attached hydrogens (tertiary/aromatic N) is 2. The molecule has 1 N–H and O–H groups in total. The van der Waals surface area contributed by atoms with Gasteiger partial charge in [-0.3, -0.25) is 4.79 Å². The molecule has 0 aliphatic rings. The van der Waals surface area contributed by atoms with Crippen LogP contribution in [-0.2, 0) is 16.2 Å². The number of carbonyl (C=O) groups is 3. The number of para-hydroxylation sites is 1. The second kappa shape index (κ2) is 10.8. The van der Waals surface area contributed by atoms with Crippen LogP contribution >= 0.6 is 11.3 Å². The number of thiophene rings is 1. The highest BCUT2D eigenvalue weighted by Crippen LogP contribution is 2.34. The van der Waals surface area contributed by atoms with Crippen molar-refractivity contribution in [3.8, 4) is 5.75 Å². The highest BCUT2D eigenvalue weighted by molar-refractivity contribution is 7.18. The summed E-state index contributed by atoms with van der Waals surface area (Å²) in [7, 11) is 1.25. The van der Waals surface area contributed by atoms with Crippen LogP contribution in [0.25, 0.3) is 0 Å². The molecule has 0 spiro atoms. The molecular weight excluding hydrogens is 446 g/mol. The second-order valence-corrected chi connectivity index (χ2v) is 8.14. The Hall–Kier alpha value is -3.66. The zero-order chi connectivity index (χ0) is 24.0. The van der Waals surface area contributed by atoms with Gasteiger partial charge in [0, 0.05) is 6.20 Å². The monoisotopic (exact) mass is 471 g/mol. The molecule has 0 radical (unpaired) electrons. The van der Waals surface area contributed by atoms with Gasteiger partial charge in [0.2, 0.25) is 0 Å². The normalized spacial score (nSPS) is 10.5. The number of hydrogen-bond acceptors (Lipinski definition) is 8. The third-order valence-electron chi connectivity index (χ3n) is 4.71. The van der Waals surface area contributed by atoms with Crippen molar-refractivity contribution in [2.24, 2.45) is 0 Å². The Kier molecular flexibility index (Phi) is 7.83. The van der Waals surface area contributed by atoms with E-state index >= 15 is 0 Å². The average Bonchev–Trinajstić information content (AvgIpc) is 3.41. The predicted molar refractivity (Wildman–Crippen MR) is 123 cm³/mol. The van der Waals surface area contributed by atoms with Gasteiger partial charge in [0.15, 0.2) is 12.4 Å². The molecule has 2 aromatic heterocycles. The zero-order valence-corrected chi connectivity index (χ0v) is 19.7. The summed E-state index contributed by atoms with van der Waals surface area (Å²) in [5.41, 5.74) is 1.63. The van der Waals surface area contributed by atoms with Crippen LogP contribution in [0, 0.1) is 13.8 Å². The number of methoxy groups -OCH3 is 1. The van der Waals surface area contributed by atoms with Crippen LogP contribution in [0.5, 0.6) is 5.75 Å². The fourth-order valence-corrected chi connectivity index (χ4v) is 4.09. The van der Waals surface area contributed by atoms with E-state index in [4.69, 9.17) is 14.2 Å². The molecule has 1 amide bonds. The lowest BCUT2D eigenvalue weighted by Crippen LogP contribution is -2.16. The highest BCUT2D eigenvalue weighted by atomic mass is 32.1. The minimum Gasteiger partial charge on any atom is -0.471 e. The Balaban J connectivity index is 1.77. The number of aromatic nitrogens is 2. The van der Waals surface area contributed by atoms with Gasteiger partial charge in [-0.25, -0.2) is 14.3 Å². The fraction of sp³-hybridized carbons (Fsp3) is 0.304. The first kappa shape index (κ1) is 24.0. The van der Waals surface area contributed by atoms with Crippen LogP contribution in [0.4, 0.5) is 5.00 Å². The van der Waals surface area contributed by atoms with Crippen LogP contribution < -0.4 is 10.1 Å². The molecule has 3 aromatic rings. The van der Waals surface area contributed by atoms with Crippen molar-refractivity contribution >= 4 is 34.2 Å². The number of hydrogen-bond donors (Lipinski definition) is 1. The maximum Gasteiger partial charge on any atom is 0.348 e. The lowest BCUT2D eigenvalue weighted by atomic mass is 10.1. The van der Waals surface area contributed by atoms with Gasteiger partial charge in [0.25, 0.3) is 5.91 Å². The molecule has 0 saturated carbocycles. The van der Waals surface area contributed by atoms with E-state index in [2.05, 4.69) is 10.4 Å². The third-order valence-corrected chi connectivity index (χ3v) is 5.89. The summed E-state index contributed by atoms with van der Waals surface area (Å²) in [4.78, 5) is 37.7. The summed E-state index contributed by atoms with van der Waals surface area (Å²) in [6, 6.07) is 9.12. The molecule has 0 unspecified atom stereocenters. The molecule has 0 aliphatic carbocycles. The number of esters is 2. The Labute approximate surface area is 195 Å². The third kappa shape index (κ3) is 5.58. The molecule has 9 nitrogen and oxygen atoms in total. The van der Waals surface area contributed by atoms with Crippen LogP contribution in [0.2, 0.25) is 0 Å². The minimum atomic E-state index is -0.617. The van der Waals surface area contributed by atoms with E-state index in [9.17, 15) is 14.4 Å². The lowest BCUT2D eigenvalue weighted by molar-refractivity contribution is 0.0506. The summed E-state index contributed by atoms with van der Waals surface area (Å²) in [5, 5.41) is 7.11. The number of benzene rings is 1. The fourth-order valence-electron chi connectivity index (χ4n) is 2.98. The Morgan fingerprint density at radius 1 is 1.12 bits per heavy atom. The summed E-state index contributed by atoms with van der Waals surface area (Å²) in [6.45, 7) is 5.76. The van der Waals surface area contributed by atoms with Crippen molar-refractivity contribution in [1.82, 2.24) is 9.78 Å². The first-order chi connectivity index (χ1) is 15.8. The molecule has 0 bridgehead atoms. The summed E-state index contributed by atoms with van der Waals surface area (Å²) in [6.07, 6.45) is 2.26. The quantitative estimate of drug-likeness (QED) is 0.466. The van der Waals surface area contributed by atoms with Gasteiger partial charge in [-0.15, -0.1) is 11.3 Å². The highest BCUT2D eigenvalue weighted by Gasteiger charge is 2.27. The number of carbonyl (C=O) groups excluding carboxylic acids is 3. The molecule has 3 rings (SSSR count). The standard InChI is InChI=1S/C23H25N3O6S/c1-5-12-31-22(28)18-15(3)19(23(29)30-4)33-21(18)24-20(27)16-10-11-26(25-16)13-32-17-9-7-6-8-14(17)2/h6-11H,5,12-13H2,1-4H3,(H,24,27). The molecule has 10 heteroatoms. The zero-order valence-electron chi connectivity index (χ0n) is 18.8. The van der Waals surface area contributed by atoms with Crippen molar-refractivity contribution in [3.05, 3.63) is 63.8 Å². The summed E-state index contributed by atoms with van der Waals surface area (Å²) in [5.74, 6) is -1.03. The first-order valence-electron chi connectivity index (χ1n) is 10.3. The Bertz CT molecular complexity index is 1170. The molecule has 174 valence electrons. The molecule has 0 aliphatic heterocycles. The van der Waals surface area contributed by atoms with Crippen LogP contribution in [-0.4, -0.2) is 41.3 Å². The van der Waals surface area contributed by atoms with E-state index in [1.807, 2.05) is 38.1 Å².